The van der Waals surface area contributed by atoms with E-state index in [1.165, 1.54) is 0 Å². The minimum Gasteiger partial charge on any atom is -0.396 e. The minimum absolute atomic E-state index is 0.0396. The van der Waals surface area contributed by atoms with Crippen LogP contribution in [0.5, 0.6) is 0 Å². The molecule has 0 bridgehead atoms. The number of Topliss-reactive ketones (excluding diaryl/α,β-unsaturated/α-hetero) is 1. The Morgan fingerprint density at radius 3 is 2.71 bits per heavy atom. The lowest BCUT2D eigenvalue weighted by atomic mass is 9.51. The standard InChI is InChI=1S/C26H36O8/c1-11-10-33-26(24(32)21(11)30)17(9-27)20-15-5-6-16-14(19(15)22(31)23(20)34-26)4-3-12-7-13(28)8-18(29)25(12,16)2/h3,11,13-14,16-18,20-21,23-24,27-30,32H,4-10H2,1-2H3/t11-,13+,14+,16-,17-,18+,20-,21?,23+,24?,25-,26-/m0/s1. The van der Waals surface area contributed by atoms with Crippen LogP contribution < -0.4 is 0 Å². The average Bonchev–Trinajstić information content (AvgIpc) is 3.28. The van der Waals surface area contributed by atoms with Gasteiger partial charge in [0.05, 0.1) is 31.5 Å². The van der Waals surface area contributed by atoms with Crippen molar-refractivity contribution in [2.75, 3.05) is 13.2 Å². The molecule has 0 amide bonds. The van der Waals surface area contributed by atoms with E-state index in [9.17, 15) is 30.3 Å². The topological polar surface area (TPSA) is 137 Å². The van der Waals surface area contributed by atoms with Crippen LogP contribution in [0, 0.1) is 35.0 Å². The fraction of sp³-hybridized carbons (Fsp3) is 0.808. The fourth-order valence-corrected chi connectivity index (χ4v) is 8.39. The Morgan fingerprint density at radius 2 is 1.97 bits per heavy atom. The van der Waals surface area contributed by atoms with Crippen LogP contribution in [-0.4, -0.2) is 80.8 Å². The van der Waals surface area contributed by atoms with E-state index in [2.05, 4.69) is 13.0 Å². The molecule has 188 valence electrons. The maximum atomic E-state index is 13.8. The third kappa shape index (κ3) is 2.76. The Morgan fingerprint density at radius 1 is 1.21 bits per heavy atom. The molecule has 3 fully saturated rings. The van der Waals surface area contributed by atoms with Gasteiger partial charge in [-0.2, -0.15) is 0 Å². The summed E-state index contributed by atoms with van der Waals surface area (Å²) >= 11 is 0. The molecular formula is C26H36O8. The third-order valence-electron chi connectivity index (χ3n) is 10.3. The van der Waals surface area contributed by atoms with E-state index in [1.807, 2.05) is 0 Å². The first-order chi connectivity index (χ1) is 16.1. The zero-order valence-corrected chi connectivity index (χ0v) is 19.8. The molecule has 2 unspecified atom stereocenters. The quantitative estimate of drug-likeness (QED) is 0.344. The molecule has 8 heteroatoms. The number of hydrogen-bond donors (Lipinski definition) is 5. The molecule has 1 spiro atoms. The SMILES string of the molecule is C[C@H]1CO[C@@]2(O[C@H]3C(=O)C4=C(CC[C@H]5[C@H]4CC=C4C[C@@H](O)C[C@@H](O)[C@@]45C)[C@H]3[C@@H]2CO)C(O)C1O. The first-order valence-electron chi connectivity index (χ1n) is 12.8. The van der Waals surface area contributed by atoms with Gasteiger partial charge in [-0.1, -0.05) is 31.1 Å². The number of carbonyl (C=O) groups is 1. The van der Waals surface area contributed by atoms with E-state index in [0.29, 0.717) is 25.7 Å². The van der Waals surface area contributed by atoms with Crippen LogP contribution in [0.15, 0.2) is 22.8 Å². The van der Waals surface area contributed by atoms with Crippen molar-refractivity contribution in [1.29, 1.82) is 0 Å². The lowest BCUT2D eigenvalue weighted by Crippen LogP contribution is -2.62. The molecule has 0 aromatic carbocycles. The number of rotatable bonds is 1. The van der Waals surface area contributed by atoms with Gasteiger partial charge in [-0.15, -0.1) is 0 Å². The summed E-state index contributed by atoms with van der Waals surface area (Å²) in [4.78, 5) is 13.8. The second kappa shape index (κ2) is 7.68. The molecule has 6 rings (SSSR count). The van der Waals surface area contributed by atoms with Gasteiger partial charge in [0, 0.05) is 35.2 Å². The van der Waals surface area contributed by atoms with Crippen molar-refractivity contribution in [1.82, 2.24) is 0 Å². The number of fused-ring (bicyclic) bond motifs is 6. The minimum atomic E-state index is -1.59. The summed E-state index contributed by atoms with van der Waals surface area (Å²) in [6.07, 6.45) is 0.714. The summed E-state index contributed by atoms with van der Waals surface area (Å²) in [6, 6.07) is 0. The van der Waals surface area contributed by atoms with Gasteiger partial charge in [0.2, 0.25) is 5.79 Å². The highest BCUT2D eigenvalue weighted by atomic mass is 16.7. The van der Waals surface area contributed by atoms with Gasteiger partial charge in [-0.05, 0) is 37.5 Å². The van der Waals surface area contributed by atoms with Gasteiger partial charge < -0.3 is 35.0 Å². The molecule has 0 aromatic rings. The number of aliphatic hydroxyl groups excluding tert-OH is 5. The fourth-order valence-electron chi connectivity index (χ4n) is 8.39. The third-order valence-corrected chi connectivity index (χ3v) is 10.3. The molecule has 34 heavy (non-hydrogen) atoms. The molecule has 1 saturated carbocycles. The molecule has 2 heterocycles. The first-order valence-corrected chi connectivity index (χ1v) is 12.8. The molecule has 0 radical (unpaired) electrons. The van der Waals surface area contributed by atoms with Crippen LogP contribution in [0.25, 0.3) is 0 Å². The average molecular weight is 477 g/mol. The van der Waals surface area contributed by atoms with Crippen LogP contribution in [0.3, 0.4) is 0 Å². The largest absolute Gasteiger partial charge is 0.396 e. The van der Waals surface area contributed by atoms with Gasteiger partial charge >= 0.3 is 0 Å². The Bertz CT molecular complexity index is 958. The number of carbonyl (C=O) groups excluding carboxylic acids is 1. The molecule has 8 nitrogen and oxygen atoms in total. The monoisotopic (exact) mass is 476 g/mol. The molecule has 2 saturated heterocycles. The number of aliphatic hydroxyl groups is 5. The van der Waals surface area contributed by atoms with Crippen molar-refractivity contribution >= 4 is 5.78 Å². The van der Waals surface area contributed by atoms with Crippen molar-refractivity contribution < 1.29 is 39.8 Å². The number of allylic oxidation sites excluding steroid dienone is 1. The van der Waals surface area contributed by atoms with Crippen molar-refractivity contribution in [3.05, 3.63) is 22.8 Å². The summed E-state index contributed by atoms with van der Waals surface area (Å²) in [7, 11) is 0. The molecule has 4 aliphatic carbocycles. The van der Waals surface area contributed by atoms with Crippen LogP contribution >= 0.6 is 0 Å². The van der Waals surface area contributed by atoms with E-state index in [0.717, 1.165) is 23.1 Å². The van der Waals surface area contributed by atoms with Crippen LogP contribution in [0.1, 0.15) is 46.0 Å². The highest BCUT2D eigenvalue weighted by Gasteiger charge is 2.69. The number of ketones is 1. The normalized spacial score (nSPS) is 54.4. The highest BCUT2D eigenvalue weighted by molar-refractivity contribution is 6.04. The van der Waals surface area contributed by atoms with E-state index in [1.54, 1.807) is 6.92 Å². The summed E-state index contributed by atoms with van der Waals surface area (Å²) in [5.74, 6) is -2.97. The van der Waals surface area contributed by atoms with Crippen LogP contribution in [0.2, 0.25) is 0 Å². The molecule has 6 aliphatic rings. The lowest BCUT2D eigenvalue weighted by molar-refractivity contribution is -0.337. The number of ether oxygens (including phenoxy) is 2. The number of hydrogen-bond acceptors (Lipinski definition) is 8. The van der Waals surface area contributed by atoms with Crippen molar-refractivity contribution in [3.8, 4) is 0 Å². The Kier molecular flexibility index (Phi) is 5.26. The Labute approximate surface area is 199 Å². The van der Waals surface area contributed by atoms with E-state index in [-0.39, 0.29) is 42.7 Å². The predicted octanol–water partition coefficient (Wildman–Crippen LogP) is 0.452. The Hall–Kier alpha value is -1.13. The van der Waals surface area contributed by atoms with Gasteiger partial charge in [-0.3, -0.25) is 4.79 Å². The summed E-state index contributed by atoms with van der Waals surface area (Å²) in [5, 5.41) is 53.1. The summed E-state index contributed by atoms with van der Waals surface area (Å²) in [5.41, 5.74) is 2.38. The van der Waals surface area contributed by atoms with Gasteiger partial charge in [-0.25, -0.2) is 0 Å². The predicted molar refractivity (Wildman–Crippen MR) is 119 cm³/mol. The van der Waals surface area contributed by atoms with Crippen LogP contribution in [-0.2, 0) is 14.3 Å². The second-order valence-corrected chi connectivity index (χ2v) is 11.7. The second-order valence-electron chi connectivity index (χ2n) is 11.7. The van der Waals surface area contributed by atoms with E-state index in [4.69, 9.17) is 9.47 Å². The molecule has 12 atom stereocenters. The Balaban J connectivity index is 1.38. The van der Waals surface area contributed by atoms with Gasteiger partial charge in [0.1, 0.15) is 12.2 Å². The molecule has 5 N–H and O–H groups in total. The van der Waals surface area contributed by atoms with Gasteiger partial charge in [0.25, 0.3) is 0 Å². The molecular weight excluding hydrogens is 440 g/mol. The summed E-state index contributed by atoms with van der Waals surface area (Å²) in [6.45, 7) is 3.71. The van der Waals surface area contributed by atoms with Crippen LogP contribution in [0.4, 0.5) is 0 Å². The zero-order chi connectivity index (χ0) is 24.2. The van der Waals surface area contributed by atoms with E-state index >= 15 is 0 Å². The van der Waals surface area contributed by atoms with Crippen molar-refractivity contribution in [2.24, 2.45) is 35.0 Å². The molecule has 2 aliphatic heterocycles. The zero-order valence-electron chi connectivity index (χ0n) is 19.8. The van der Waals surface area contributed by atoms with Crippen molar-refractivity contribution in [3.63, 3.8) is 0 Å². The maximum Gasteiger partial charge on any atom is 0.203 e. The van der Waals surface area contributed by atoms with E-state index < -0.39 is 47.6 Å². The highest BCUT2D eigenvalue weighted by Crippen LogP contribution is 2.63. The van der Waals surface area contributed by atoms with Crippen molar-refractivity contribution in [2.45, 2.75) is 82.3 Å². The smallest absolute Gasteiger partial charge is 0.203 e. The first kappa shape index (κ1) is 23.3. The summed E-state index contributed by atoms with van der Waals surface area (Å²) < 4.78 is 12.2. The lowest BCUT2D eigenvalue weighted by Gasteiger charge is -2.54. The van der Waals surface area contributed by atoms with Gasteiger partial charge in [0.15, 0.2) is 5.78 Å². The maximum absolute atomic E-state index is 13.8. The molecule has 0 aromatic heterocycles.